The van der Waals surface area contributed by atoms with Crippen molar-refractivity contribution in [2.45, 2.75) is 32.9 Å². The Morgan fingerprint density at radius 1 is 1.21 bits per heavy atom. The minimum atomic E-state index is -0.287. The minimum Gasteiger partial charge on any atom is -0.370 e. The number of halogens is 1. The maximum atomic E-state index is 12.1. The van der Waals surface area contributed by atoms with E-state index < -0.39 is 0 Å². The summed E-state index contributed by atoms with van der Waals surface area (Å²) in [6, 6.07) is 6.32. The van der Waals surface area contributed by atoms with Crippen LogP contribution >= 0.6 is 11.6 Å². The predicted octanol–water partition coefficient (Wildman–Crippen LogP) is 3.62. The molecule has 1 amide bonds. The Morgan fingerprint density at radius 2 is 2.03 bits per heavy atom. The van der Waals surface area contributed by atoms with Crippen molar-refractivity contribution in [1.29, 1.82) is 0 Å². The Balaban J connectivity index is 1.37. The maximum Gasteiger partial charge on any atom is 0.229 e. The van der Waals surface area contributed by atoms with Gasteiger partial charge >= 0.3 is 0 Å². The second-order valence-electron chi connectivity index (χ2n) is 9.35. The molecule has 1 aliphatic heterocycles. The van der Waals surface area contributed by atoms with Gasteiger partial charge in [0, 0.05) is 43.6 Å². The first kappa shape index (κ1) is 22.9. The molecule has 9 heteroatoms. The van der Waals surface area contributed by atoms with E-state index in [0.29, 0.717) is 16.8 Å². The van der Waals surface area contributed by atoms with Gasteiger partial charge in [-0.05, 0) is 49.4 Å². The Hall–Kier alpha value is -2.84. The number of likely N-dealkylation sites (N-methyl/N-ethyl adjacent to an activating group) is 2. The van der Waals surface area contributed by atoms with Gasteiger partial charge in [0.05, 0.1) is 12.1 Å². The Kier molecular flexibility index (Phi) is 6.36. The molecular formula is C25H32ClN7O. The van der Waals surface area contributed by atoms with Gasteiger partial charge in [-0.2, -0.15) is 4.98 Å². The van der Waals surface area contributed by atoms with Gasteiger partial charge in [-0.1, -0.05) is 36.7 Å². The number of rotatable bonds is 7. The van der Waals surface area contributed by atoms with Crippen LogP contribution in [0.3, 0.4) is 0 Å². The average Bonchev–Trinajstić information content (AvgIpc) is 3.38. The molecule has 0 unspecified atom stereocenters. The number of hydrogen-bond donors (Lipinski definition) is 3. The SMILES string of the molecule is CCN1CCN(CC)c2cc(Nc3ncc(Cl)c(N[C@@H]4[C@H](C(N)=O)[C@H]5C=C[C@@H]4C5)n3)ccc2C1. The average molecular weight is 482 g/mol. The van der Waals surface area contributed by atoms with E-state index >= 15 is 0 Å². The molecule has 1 aromatic carbocycles. The Labute approximate surface area is 205 Å². The van der Waals surface area contributed by atoms with Gasteiger partial charge in [0.2, 0.25) is 11.9 Å². The molecule has 2 aromatic rings. The van der Waals surface area contributed by atoms with Crippen LogP contribution in [0.5, 0.6) is 0 Å². The van der Waals surface area contributed by atoms with Gasteiger partial charge in [0.25, 0.3) is 0 Å². The fourth-order valence-electron chi connectivity index (χ4n) is 5.59. The molecule has 4 N–H and O–H groups in total. The lowest BCUT2D eigenvalue weighted by atomic mass is 9.88. The minimum absolute atomic E-state index is 0.111. The maximum absolute atomic E-state index is 12.1. The third-order valence-electron chi connectivity index (χ3n) is 7.43. The largest absolute Gasteiger partial charge is 0.370 e. The van der Waals surface area contributed by atoms with Crippen LogP contribution < -0.4 is 21.3 Å². The molecule has 1 saturated carbocycles. The molecule has 0 radical (unpaired) electrons. The number of amides is 1. The Bertz CT molecular complexity index is 1110. The van der Waals surface area contributed by atoms with Crippen molar-refractivity contribution in [1.82, 2.24) is 14.9 Å². The number of primary amides is 1. The van der Waals surface area contributed by atoms with Crippen LogP contribution in [0.4, 0.5) is 23.1 Å². The molecule has 4 atom stereocenters. The topological polar surface area (TPSA) is 99.4 Å². The van der Waals surface area contributed by atoms with Gasteiger partial charge in [-0.15, -0.1) is 0 Å². The van der Waals surface area contributed by atoms with Crippen molar-refractivity contribution in [3.63, 3.8) is 0 Å². The highest BCUT2D eigenvalue weighted by Crippen LogP contribution is 2.45. The molecule has 8 nitrogen and oxygen atoms in total. The second-order valence-corrected chi connectivity index (χ2v) is 9.76. The first-order valence-electron chi connectivity index (χ1n) is 12.1. The van der Waals surface area contributed by atoms with E-state index in [-0.39, 0.29) is 29.7 Å². The summed E-state index contributed by atoms with van der Waals surface area (Å²) in [5, 5.41) is 7.15. The highest BCUT2D eigenvalue weighted by molar-refractivity contribution is 6.32. The van der Waals surface area contributed by atoms with E-state index in [0.717, 1.165) is 44.8 Å². The van der Waals surface area contributed by atoms with Crippen molar-refractivity contribution in [3.05, 3.63) is 47.1 Å². The molecule has 2 aliphatic carbocycles. The summed E-state index contributed by atoms with van der Waals surface area (Å²) in [6.45, 7) is 9.41. The normalized spacial score (nSPS) is 25.8. The number of nitrogens with one attached hydrogen (secondary N) is 2. The lowest BCUT2D eigenvalue weighted by Gasteiger charge is -2.27. The number of allylic oxidation sites excluding steroid dienone is 1. The molecule has 2 bridgehead atoms. The zero-order valence-corrected chi connectivity index (χ0v) is 20.4. The summed E-state index contributed by atoms with van der Waals surface area (Å²) in [5.74, 6) is 0.850. The van der Waals surface area contributed by atoms with Gasteiger partial charge in [-0.3, -0.25) is 9.69 Å². The van der Waals surface area contributed by atoms with E-state index in [1.807, 2.05) is 0 Å². The van der Waals surface area contributed by atoms with Crippen molar-refractivity contribution < 1.29 is 4.79 Å². The molecule has 3 aliphatic rings. The number of fused-ring (bicyclic) bond motifs is 3. The fraction of sp³-hybridized carbons (Fsp3) is 0.480. The van der Waals surface area contributed by atoms with Crippen molar-refractivity contribution in [2.75, 3.05) is 41.7 Å². The van der Waals surface area contributed by atoms with Gasteiger partial charge in [-0.25, -0.2) is 4.98 Å². The van der Waals surface area contributed by atoms with Crippen molar-refractivity contribution in [2.24, 2.45) is 23.5 Å². The molecule has 1 aromatic heterocycles. The van der Waals surface area contributed by atoms with Crippen LogP contribution in [0.2, 0.25) is 5.02 Å². The molecule has 34 heavy (non-hydrogen) atoms. The lowest BCUT2D eigenvalue weighted by molar-refractivity contribution is -0.122. The Morgan fingerprint density at radius 3 is 2.79 bits per heavy atom. The van der Waals surface area contributed by atoms with E-state index in [4.69, 9.17) is 17.3 Å². The number of nitrogens with two attached hydrogens (primary N) is 1. The number of aromatic nitrogens is 2. The third kappa shape index (κ3) is 4.32. The number of nitrogens with zero attached hydrogens (tertiary/aromatic N) is 4. The second kappa shape index (κ2) is 9.43. The van der Waals surface area contributed by atoms with Crippen molar-refractivity contribution >= 4 is 40.6 Å². The van der Waals surface area contributed by atoms with E-state index in [9.17, 15) is 4.79 Å². The third-order valence-corrected chi connectivity index (χ3v) is 7.70. The molecule has 5 rings (SSSR count). The van der Waals surface area contributed by atoms with Crippen LogP contribution in [0, 0.1) is 17.8 Å². The van der Waals surface area contributed by atoms with Crippen LogP contribution in [-0.2, 0) is 11.3 Å². The number of benzene rings is 1. The van der Waals surface area contributed by atoms with Crippen LogP contribution in [0.1, 0.15) is 25.8 Å². The molecule has 180 valence electrons. The monoisotopic (exact) mass is 481 g/mol. The van der Waals surface area contributed by atoms with Gasteiger partial charge < -0.3 is 21.3 Å². The fourth-order valence-corrected chi connectivity index (χ4v) is 5.74. The van der Waals surface area contributed by atoms with Gasteiger partial charge in [0.1, 0.15) is 5.02 Å². The first-order valence-corrected chi connectivity index (χ1v) is 12.5. The molecule has 0 spiro atoms. The highest BCUT2D eigenvalue weighted by atomic mass is 35.5. The molecule has 0 saturated heterocycles. The lowest BCUT2D eigenvalue weighted by Crippen LogP contribution is -2.41. The predicted molar refractivity (Wildman–Crippen MR) is 136 cm³/mol. The van der Waals surface area contributed by atoms with Crippen LogP contribution in [0.25, 0.3) is 0 Å². The first-order chi connectivity index (χ1) is 16.5. The van der Waals surface area contributed by atoms with Crippen LogP contribution in [0.15, 0.2) is 36.5 Å². The summed E-state index contributed by atoms with van der Waals surface area (Å²) in [7, 11) is 0. The summed E-state index contributed by atoms with van der Waals surface area (Å²) in [5.41, 5.74) is 9.20. The molecule has 1 fully saturated rings. The number of carbonyl (C=O) groups excluding carboxylic acids is 1. The van der Waals surface area contributed by atoms with Gasteiger partial charge in [0.15, 0.2) is 5.82 Å². The number of anilines is 4. The van der Waals surface area contributed by atoms with E-state index in [1.165, 1.54) is 11.3 Å². The van der Waals surface area contributed by atoms with E-state index in [2.05, 4.69) is 74.6 Å². The highest BCUT2D eigenvalue weighted by Gasteiger charge is 2.47. The zero-order chi connectivity index (χ0) is 23.8. The van der Waals surface area contributed by atoms with E-state index in [1.54, 1.807) is 6.20 Å². The zero-order valence-electron chi connectivity index (χ0n) is 19.7. The summed E-state index contributed by atoms with van der Waals surface area (Å²) < 4.78 is 0. The van der Waals surface area contributed by atoms with Crippen LogP contribution in [-0.4, -0.2) is 53.0 Å². The standard InChI is InChI=1S/C25H32ClN7O/c1-3-32-9-10-33(4-2)20-12-18(8-7-17(20)14-32)29-25-28-13-19(26)24(31-25)30-22-16-6-5-15(11-16)21(22)23(27)34/h5-8,12-13,15-16,21-22H,3-4,9-11,14H2,1-2H3,(H2,27,34)(H2,28,29,30,31)/t15-,16+,21+,22-/m0/s1. The summed E-state index contributed by atoms with van der Waals surface area (Å²) >= 11 is 6.42. The molecular weight excluding hydrogens is 450 g/mol. The molecule has 2 heterocycles. The number of carbonyl (C=O) groups is 1. The summed E-state index contributed by atoms with van der Waals surface area (Å²) in [6.07, 6.45) is 6.77. The smallest absolute Gasteiger partial charge is 0.229 e. The summed E-state index contributed by atoms with van der Waals surface area (Å²) in [4.78, 5) is 26.0. The van der Waals surface area contributed by atoms with Crippen molar-refractivity contribution in [3.8, 4) is 0 Å². The number of hydrogen-bond acceptors (Lipinski definition) is 7. The quantitative estimate of drug-likeness (QED) is 0.519.